The van der Waals surface area contributed by atoms with Gasteiger partial charge in [-0.3, -0.25) is 4.79 Å². The van der Waals surface area contributed by atoms with Gasteiger partial charge in [0.15, 0.2) is 11.5 Å². The molecular weight excluding hydrogens is 465 g/mol. The van der Waals surface area contributed by atoms with Crippen molar-refractivity contribution >= 4 is 23.5 Å². The molecule has 1 aromatic heterocycles. The molecular formula is C25H23ClFNO6. The molecule has 3 aromatic rings. The van der Waals surface area contributed by atoms with Gasteiger partial charge in [0, 0.05) is 0 Å². The van der Waals surface area contributed by atoms with Crippen LogP contribution in [0, 0.1) is 5.82 Å². The normalized spacial score (nSPS) is 11.4. The number of carbonyl (C=O) groups excluding carboxylic acids is 2. The molecule has 0 spiro atoms. The van der Waals surface area contributed by atoms with Crippen LogP contribution in [0.4, 0.5) is 4.39 Å². The summed E-state index contributed by atoms with van der Waals surface area (Å²) in [7, 11) is 0. The number of benzene rings is 2. The van der Waals surface area contributed by atoms with Crippen molar-refractivity contribution in [2.75, 3.05) is 19.8 Å². The third-order valence-electron chi connectivity index (χ3n) is 5.24. The Kier molecular flexibility index (Phi) is 8.33. The predicted octanol–water partition coefficient (Wildman–Crippen LogP) is 3.61. The SMILES string of the molecule is CCOC(=O)c1cc(F)c(C(CO)(CO)C(=O)OC(c2ccccc2)c2ccccc2)nc1Cl. The molecule has 0 atom stereocenters. The van der Waals surface area contributed by atoms with Gasteiger partial charge < -0.3 is 19.7 Å². The Morgan fingerprint density at radius 3 is 2.03 bits per heavy atom. The minimum absolute atomic E-state index is 0.0302. The van der Waals surface area contributed by atoms with Crippen molar-refractivity contribution in [2.24, 2.45) is 0 Å². The van der Waals surface area contributed by atoms with E-state index in [0.29, 0.717) is 11.1 Å². The second-order valence-electron chi connectivity index (χ2n) is 7.38. The van der Waals surface area contributed by atoms with Crippen LogP contribution >= 0.6 is 11.6 Å². The Bertz CT molecular complexity index is 1100. The summed E-state index contributed by atoms with van der Waals surface area (Å²) in [4.78, 5) is 29.2. The largest absolute Gasteiger partial charge is 0.462 e. The van der Waals surface area contributed by atoms with Crippen LogP contribution in [0.5, 0.6) is 0 Å². The molecule has 34 heavy (non-hydrogen) atoms. The highest BCUT2D eigenvalue weighted by Crippen LogP contribution is 2.33. The summed E-state index contributed by atoms with van der Waals surface area (Å²) < 4.78 is 25.6. The Hall–Kier alpha value is -3.33. The Labute approximate surface area is 200 Å². The average Bonchev–Trinajstić information content (AvgIpc) is 2.86. The molecule has 0 saturated carbocycles. The molecule has 0 aliphatic carbocycles. The molecule has 2 aromatic carbocycles. The molecule has 9 heteroatoms. The number of aliphatic hydroxyl groups is 2. The van der Waals surface area contributed by atoms with Gasteiger partial charge in [0.05, 0.1) is 31.1 Å². The summed E-state index contributed by atoms with van der Waals surface area (Å²) in [6.45, 7) is -0.462. The first-order chi connectivity index (χ1) is 16.4. The second kappa shape index (κ2) is 11.2. The van der Waals surface area contributed by atoms with E-state index in [1.165, 1.54) is 0 Å². The molecule has 0 unspecified atom stereocenters. The van der Waals surface area contributed by atoms with E-state index < -0.39 is 53.3 Å². The van der Waals surface area contributed by atoms with Crippen molar-refractivity contribution in [3.05, 3.63) is 100 Å². The number of rotatable bonds is 9. The lowest BCUT2D eigenvalue weighted by Crippen LogP contribution is -2.46. The molecule has 0 aliphatic heterocycles. The van der Waals surface area contributed by atoms with Crippen molar-refractivity contribution in [2.45, 2.75) is 18.4 Å². The number of halogens is 2. The van der Waals surface area contributed by atoms with Gasteiger partial charge in [-0.2, -0.15) is 0 Å². The molecule has 3 rings (SSSR count). The third-order valence-corrected chi connectivity index (χ3v) is 5.53. The second-order valence-corrected chi connectivity index (χ2v) is 7.74. The molecule has 0 bridgehead atoms. The smallest absolute Gasteiger partial charge is 0.341 e. The van der Waals surface area contributed by atoms with Crippen molar-refractivity contribution in [1.82, 2.24) is 4.98 Å². The topological polar surface area (TPSA) is 106 Å². The van der Waals surface area contributed by atoms with E-state index in [2.05, 4.69) is 4.98 Å². The van der Waals surface area contributed by atoms with Gasteiger partial charge in [0.1, 0.15) is 11.0 Å². The number of ether oxygens (including phenoxy) is 2. The van der Waals surface area contributed by atoms with Gasteiger partial charge in [-0.15, -0.1) is 0 Å². The number of carbonyl (C=O) groups is 2. The summed E-state index contributed by atoms with van der Waals surface area (Å²) in [5.41, 5.74) is -2.05. The first-order valence-electron chi connectivity index (χ1n) is 10.4. The number of hydrogen-bond donors (Lipinski definition) is 2. The highest BCUT2D eigenvalue weighted by molar-refractivity contribution is 6.32. The zero-order valence-corrected chi connectivity index (χ0v) is 19.0. The highest BCUT2D eigenvalue weighted by atomic mass is 35.5. The maximum atomic E-state index is 15.1. The number of pyridine rings is 1. The summed E-state index contributed by atoms with van der Waals surface area (Å²) in [6.07, 6.45) is -0.912. The first-order valence-corrected chi connectivity index (χ1v) is 10.8. The number of nitrogens with zero attached hydrogens (tertiary/aromatic N) is 1. The minimum atomic E-state index is -2.29. The zero-order chi connectivity index (χ0) is 24.7. The highest BCUT2D eigenvalue weighted by Gasteiger charge is 2.46. The van der Waals surface area contributed by atoms with Gasteiger partial charge in [-0.25, -0.2) is 14.2 Å². The van der Waals surface area contributed by atoms with Crippen LogP contribution in [0.15, 0.2) is 66.7 Å². The Morgan fingerprint density at radius 1 is 1.03 bits per heavy atom. The molecule has 178 valence electrons. The average molecular weight is 488 g/mol. The predicted molar refractivity (Wildman–Crippen MR) is 122 cm³/mol. The lowest BCUT2D eigenvalue weighted by Gasteiger charge is -2.30. The minimum Gasteiger partial charge on any atom is -0.462 e. The standard InChI is InChI=1S/C25H23ClFNO6/c1-2-33-23(31)18-13-19(27)21(28-22(18)26)25(14-29,15-30)24(32)34-20(16-9-5-3-6-10-16)17-11-7-4-8-12-17/h3-13,20,29-30H,2,14-15H2,1H3. The van der Waals surface area contributed by atoms with Gasteiger partial charge >= 0.3 is 11.9 Å². The third kappa shape index (κ3) is 5.09. The van der Waals surface area contributed by atoms with Gasteiger partial charge in [-0.05, 0) is 24.1 Å². The monoisotopic (exact) mass is 487 g/mol. The van der Waals surface area contributed by atoms with E-state index >= 15 is 4.39 Å². The van der Waals surface area contributed by atoms with E-state index in [4.69, 9.17) is 21.1 Å². The van der Waals surface area contributed by atoms with Crippen molar-refractivity contribution in [3.8, 4) is 0 Å². The van der Waals surface area contributed by atoms with E-state index in [0.717, 1.165) is 6.07 Å². The first kappa shape index (κ1) is 25.3. The summed E-state index contributed by atoms with van der Waals surface area (Å²) in [6, 6.07) is 18.4. The van der Waals surface area contributed by atoms with Crippen molar-refractivity contribution in [1.29, 1.82) is 0 Å². The van der Waals surface area contributed by atoms with Crippen LogP contribution < -0.4 is 0 Å². The molecule has 0 saturated heterocycles. The lowest BCUT2D eigenvalue weighted by atomic mass is 9.84. The number of esters is 2. The van der Waals surface area contributed by atoms with E-state index in [-0.39, 0.29) is 12.2 Å². The molecule has 0 radical (unpaired) electrons. The number of aliphatic hydroxyl groups excluding tert-OH is 2. The molecule has 0 fully saturated rings. The quantitative estimate of drug-likeness (QED) is 0.351. The maximum absolute atomic E-state index is 15.1. The maximum Gasteiger partial charge on any atom is 0.341 e. The molecule has 1 heterocycles. The van der Waals surface area contributed by atoms with Crippen LogP contribution in [-0.4, -0.2) is 47.0 Å². The lowest BCUT2D eigenvalue weighted by molar-refractivity contribution is -0.159. The van der Waals surface area contributed by atoms with Crippen LogP contribution in [0.2, 0.25) is 5.15 Å². The molecule has 7 nitrogen and oxygen atoms in total. The fraction of sp³-hybridized carbons (Fsp3) is 0.240. The Morgan fingerprint density at radius 2 is 1.56 bits per heavy atom. The fourth-order valence-corrected chi connectivity index (χ4v) is 3.60. The van der Waals surface area contributed by atoms with Gasteiger partial charge in [0.25, 0.3) is 0 Å². The van der Waals surface area contributed by atoms with E-state index in [9.17, 15) is 19.8 Å². The zero-order valence-electron chi connectivity index (χ0n) is 18.3. The van der Waals surface area contributed by atoms with Gasteiger partial charge in [-0.1, -0.05) is 72.3 Å². The van der Waals surface area contributed by atoms with Gasteiger partial charge in [0.2, 0.25) is 0 Å². The number of hydrogen-bond acceptors (Lipinski definition) is 7. The summed E-state index contributed by atoms with van der Waals surface area (Å²) in [5, 5.41) is 19.8. The van der Waals surface area contributed by atoms with Crippen LogP contribution in [0.25, 0.3) is 0 Å². The molecule has 0 aliphatic rings. The molecule has 2 N–H and O–H groups in total. The summed E-state index contributed by atoms with van der Waals surface area (Å²) >= 11 is 6.06. The van der Waals surface area contributed by atoms with Crippen LogP contribution in [0.1, 0.15) is 40.2 Å². The van der Waals surface area contributed by atoms with Crippen LogP contribution in [0.3, 0.4) is 0 Å². The van der Waals surface area contributed by atoms with E-state index in [1.54, 1.807) is 67.6 Å². The van der Waals surface area contributed by atoms with Crippen LogP contribution in [-0.2, 0) is 19.7 Å². The fourth-order valence-electron chi connectivity index (χ4n) is 3.38. The number of aromatic nitrogens is 1. The van der Waals surface area contributed by atoms with Crippen molar-refractivity contribution < 1.29 is 33.7 Å². The summed E-state index contributed by atoms with van der Waals surface area (Å²) in [5.74, 6) is -3.16. The van der Waals surface area contributed by atoms with E-state index in [1.807, 2.05) is 0 Å². The van der Waals surface area contributed by atoms with Crippen molar-refractivity contribution in [3.63, 3.8) is 0 Å². The molecule has 0 amide bonds. The Balaban J connectivity index is 2.04.